The Labute approximate surface area is 152 Å². The first-order valence-corrected chi connectivity index (χ1v) is 8.76. The molecule has 4 rings (SSSR count). The molecule has 0 aliphatic carbocycles. The van der Waals surface area contributed by atoms with Gasteiger partial charge in [-0.25, -0.2) is 4.79 Å². The van der Waals surface area contributed by atoms with Crippen molar-refractivity contribution >= 4 is 28.3 Å². The molecular weight excluding hydrogens is 326 g/mol. The third kappa shape index (κ3) is 3.18. The highest BCUT2D eigenvalue weighted by Gasteiger charge is 2.23. The predicted molar refractivity (Wildman–Crippen MR) is 101 cm³/mol. The van der Waals surface area contributed by atoms with Gasteiger partial charge < -0.3 is 9.64 Å². The first kappa shape index (κ1) is 16.3. The number of fused-ring (bicyclic) bond motifs is 2. The van der Waals surface area contributed by atoms with E-state index in [-0.39, 0.29) is 12.5 Å². The Morgan fingerprint density at radius 3 is 2.58 bits per heavy atom. The van der Waals surface area contributed by atoms with Crippen LogP contribution in [0.3, 0.4) is 0 Å². The van der Waals surface area contributed by atoms with Gasteiger partial charge in [-0.05, 0) is 47.4 Å². The maximum absolute atomic E-state index is 12.6. The Balaban J connectivity index is 1.45. The standard InChI is InChI=1S/C22H19NO3/c24-21(23-13-5-9-17-7-3-4-10-20(17)23)15-26-22(25)19-12-11-16-6-1-2-8-18(16)14-19/h1-4,6-8,10-12,14H,5,9,13,15H2. The summed E-state index contributed by atoms with van der Waals surface area (Å²) in [6, 6.07) is 21.1. The number of hydrogen-bond donors (Lipinski definition) is 0. The molecule has 1 amide bonds. The predicted octanol–water partition coefficient (Wildman–Crippen LogP) is 3.98. The quantitative estimate of drug-likeness (QED) is 0.675. The van der Waals surface area contributed by atoms with Crippen molar-refractivity contribution in [3.63, 3.8) is 0 Å². The highest BCUT2D eigenvalue weighted by molar-refractivity contribution is 5.99. The number of nitrogens with zero attached hydrogens (tertiary/aromatic N) is 1. The van der Waals surface area contributed by atoms with Crippen LogP contribution in [-0.2, 0) is 16.0 Å². The Bertz CT molecular complexity index is 980. The summed E-state index contributed by atoms with van der Waals surface area (Å²) in [5.74, 6) is -0.666. The number of esters is 1. The number of carbonyl (C=O) groups is 2. The lowest BCUT2D eigenvalue weighted by Gasteiger charge is -2.29. The van der Waals surface area contributed by atoms with Gasteiger partial charge in [0.2, 0.25) is 0 Å². The second-order valence-electron chi connectivity index (χ2n) is 6.42. The van der Waals surface area contributed by atoms with Crippen LogP contribution in [0.5, 0.6) is 0 Å². The summed E-state index contributed by atoms with van der Waals surface area (Å²) in [5, 5.41) is 2.03. The van der Waals surface area contributed by atoms with E-state index in [1.807, 2.05) is 54.6 Å². The molecule has 130 valence electrons. The van der Waals surface area contributed by atoms with Crippen LogP contribution < -0.4 is 4.90 Å². The molecule has 1 aliphatic rings. The van der Waals surface area contributed by atoms with E-state index < -0.39 is 5.97 Å². The van der Waals surface area contributed by atoms with Crippen LogP contribution in [-0.4, -0.2) is 25.0 Å². The molecule has 4 heteroatoms. The van der Waals surface area contributed by atoms with Gasteiger partial charge in [0, 0.05) is 12.2 Å². The summed E-state index contributed by atoms with van der Waals surface area (Å²) >= 11 is 0. The van der Waals surface area contributed by atoms with Crippen molar-refractivity contribution in [1.29, 1.82) is 0 Å². The Kier molecular flexibility index (Phi) is 4.40. The molecule has 26 heavy (non-hydrogen) atoms. The Morgan fingerprint density at radius 1 is 0.923 bits per heavy atom. The van der Waals surface area contributed by atoms with Gasteiger partial charge >= 0.3 is 5.97 Å². The number of amides is 1. The lowest BCUT2D eigenvalue weighted by atomic mass is 10.0. The van der Waals surface area contributed by atoms with E-state index in [0.717, 1.165) is 34.9 Å². The summed E-state index contributed by atoms with van der Waals surface area (Å²) in [7, 11) is 0. The molecule has 0 spiro atoms. The average molecular weight is 345 g/mol. The number of anilines is 1. The van der Waals surface area contributed by atoms with Crippen LogP contribution in [0.2, 0.25) is 0 Å². The van der Waals surface area contributed by atoms with Crippen LogP contribution in [0.25, 0.3) is 10.8 Å². The highest BCUT2D eigenvalue weighted by Crippen LogP contribution is 2.26. The third-order valence-corrected chi connectivity index (χ3v) is 4.72. The van der Waals surface area contributed by atoms with E-state index in [1.54, 1.807) is 17.0 Å². The fourth-order valence-corrected chi connectivity index (χ4v) is 3.40. The monoisotopic (exact) mass is 345 g/mol. The molecule has 0 bridgehead atoms. The summed E-state index contributed by atoms with van der Waals surface area (Å²) in [5.41, 5.74) is 2.54. The minimum atomic E-state index is -0.477. The van der Waals surface area contributed by atoms with Gasteiger partial charge in [-0.15, -0.1) is 0 Å². The van der Waals surface area contributed by atoms with Gasteiger partial charge in [0.1, 0.15) is 0 Å². The smallest absolute Gasteiger partial charge is 0.338 e. The number of aryl methyl sites for hydroxylation is 1. The molecule has 0 N–H and O–H groups in total. The van der Waals surface area contributed by atoms with Gasteiger partial charge in [-0.2, -0.15) is 0 Å². The number of para-hydroxylation sites is 1. The number of benzene rings is 3. The largest absolute Gasteiger partial charge is 0.452 e. The van der Waals surface area contributed by atoms with Crippen molar-refractivity contribution in [3.8, 4) is 0 Å². The van der Waals surface area contributed by atoms with Crippen molar-refractivity contribution in [2.45, 2.75) is 12.8 Å². The summed E-state index contributed by atoms with van der Waals surface area (Å²) < 4.78 is 5.28. The zero-order valence-corrected chi connectivity index (χ0v) is 14.4. The van der Waals surface area contributed by atoms with E-state index >= 15 is 0 Å². The normalized spacial score (nSPS) is 13.3. The maximum atomic E-state index is 12.6. The minimum Gasteiger partial charge on any atom is -0.452 e. The number of hydrogen-bond acceptors (Lipinski definition) is 3. The van der Waals surface area contributed by atoms with Crippen LogP contribution in [0, 0.1) is 0 Å². The second kappa shape index (κ2) is 7.00. The molecule has 0 atom stereocenters. The van der Waals surface area contributed by atoms with E-state index in [4.69, 9.17) is 4.74 Å². The van der Waals surface area contributed by atoms with Crippen molar-refractivity contribution in [3.05, 3.63) is 77.9 Å². The van der Waals surface area contributed by atoms with Gasteiger partial charge in [0.15, 0.2) is 6.61 Å². The molecular formula is C22H19NO3. The van der Waals surface area contributed by atoms with Gasteiger partial charge in [-0.1, -0.05) is 48.5 Å². The van der Waals surface area contributed by atoms with Gasteiger partial charge in [0.25, 0.3) is 5.91 Å². The van der Waals surface area contributed by atoms with Gasteiger partial charge in [-0.3, -0.25) is 4.79 Å². The maximum Gasteiger partial charge on any atom is 0.338 e. The van der Waals surface area contributed by atoms with Crippen LogP contribution >= 0.6 is 0 Å². The van der Waals surface area contributed by atoms with Crippen molar-refractivity contribution in [2.24, 2.45) is 0 Å². The highest BCUT2D eigenvalue weighted by atomic mass is 16.5. The van der Waals surface area contributed by atoms with Crippen LogP contribution in [0.1, 0.15) is 22.3 Å². The third-order valence-electron chi connectivity index (χ3n) is 4.72. The first-order valence-electron chi connectivity index (χ1n) is 8.76. The molecule has 0 radical (unpaired) electrons. The minimum absolute atomic E-state index is 0.189. The van der Waals surface area contributed by atoms with E-state index in [9.17, 15) is 9.59 Å². The average Bonchev–Trinajstić information content (AvgIpc) is 2.71. The molecule has 0 unspecified atom stereocenters. The lowest BCUT2D eigenvalue weighted by Crippen LogP contribution is -2.38. The first-order chi connectivity index (χ1) is 12.7. The molecule has 4 nitrogen and oxygen atoms in total. The van der Waals surface area contributed by atoms with E-state index in [0.29, 0.717) is 12.1 Å². The summed E-state index contributed by atoms with van der Waals surface area (Å²) in [4.78, 5) is 26.6. The summed E-state index contributed by atoms with van der Waals surface area (Å²) in [6.07, 6.45) is 1.89. The SMILES string of the molecule is O=C(OCC(=O)N1CCCc2ccccc21)c1ccc2ccccc2c1. The van der Waals surface area contributed by atoms with Crippen LogP contribution in [0.4, 0.5) is 5.69 Å². The fourth-order valence-electron chi connectivity index (χ4n) is 3.40. The summed E-state index contributed by atoms with van der Waals surface area (Å²) in [6.45, 7) is 0.406. The van der Waals surface area contributed by atoms with Crippen molar-refractivity contribution in [1.82, 2.24) is 0 Å². The fraction of sp³-hybridized carbons (Fsp3) is 0.182. The Morgan fingerprint density at radius 2 is 1.69 bits per heavy atom. The molecule has 1 heterocycles. The molecule has 0 saturated carbocycles. The zero-order valence-electron chi connectivity index (χ0n) is 14.4. The molecule has 3 aromatic rings. The number of carbonyl (C=O) groups excluding carboxylic acids is 2. The zero-order chi connectivity index (χ0) is 17.9. The van der Waals surface area contributed by atoms with Crippen molar-refractivity contribution in [2.75, 3.05) is 18.1 Å². The molecule has 0 saturated heterocycles. The topological polar surface area (TPSA) is 46.6 Å². The van der Waals surface area contributed by atoms with Crippen LogP contribution in [0.15, 0.2) is 66.7 Å². The number of rotatable bonds is 3. The molecule has 0 aromatic heterocycles. The van der Waals surface area contributed by atoms with E-state index in [1.165, 1.54) is 0 Å². The van der Waals surface area contributed by atoms with E-state index in [2.05, 4.69) is 0 Å². The molecule has 1 aliphatic heterocycles. The van der Waals surface area contributed by atoms with Crippen molar-refractivity contribution < 1.29 is 14.3 Å². The number of ether oxygens (including phenoxy) is 1. The molecule has 0 fully saturated rings. The lowest BCUT2D eigenvalue weighted by molar-refractivity contribution is -0.121. The molecule has 3 aromatic carbocycles. The van der Waals surface area contributed by atoms with Gasteiger partial charge in [0.05, 0.1) is 5.56 Å². The Hall–Kier alpha value is -3.14. The second-order valence-corrected chi connectivity index (χ2v) is 6.42.